The van der Waals surface area contributed by atoms with Gasteiger partial charge in [0.2, 0.25) is 0 Å². The van der Waals surface area contributed by atoms with Gasteiger partial charge in [0, 0.05) is 0 Å². The van der Waals surface area contributed by atoms with Crippen molar-refractivity contribution in [3.8, 4) is 0 Å². The molecule has 0 saturated carbocycles. The molecular formula is C8H19O2Sn. The second kappa shape index (κ2) is 5.38. The van der Waals surface area contributed by atoms with Crippen molar-refractivity contribution >= 4 is 20.6 Å². The van der Waals surface area contributed by atoms with Crippen LogP contribution in [-0.4, -0.2) is 33.8 Å². The van der Waals surface area contributed by atoms with Crippen LogP contribution in [0.4, 0.5) is 0 Å². The molecule has 67 valence electrons. The van der Waals surface area contributed by atoms with E-state index in [2.05, 4.69) is 20.8 Å². The molecule has 11 heavy (non-hydrogen) atoms. The van der Waals surface area contributed by atoms with Crippen LogP contribution in [0.15, 0.2) is 0 Å². The fraction of sp³-hybridized carbons (Fsp3) is 1.00. The van der Waals surface area contributed by atoms with Gasteiger partial charge in [-0.1, -0.05) is 0 Å². The summed E-state index contributed by atoms with van der Waals surface area (Å²) in [7, 11) is 0. The molecule has 0 bridgehead atoms. The molecule has 0 fully saturated rings. The Balaban J connectivity index is 3.88. The Labute approximate surface area is 78.1 Å². The third kappa shape index (κ3) is 5.04. The van der Waals surface area contributed by atoms with Gasteiger partial charge in [0.25, 0.3) is 0 Å². The quantitative estimate of drug-likeness (QED) is 0.727. The van der Waals surface area contributed by atoms with Crippen molar-refractivity contribution in [1.82, 2.24) is 0 Å². The van der Waals surface area contributed by atoms with Crippen molar-refractivity contribution in [3.05, 3.63) is 0 Å². The third-order valence-electron chi connectivity index (χ3n) is 1.16. The van der Waals surface area contributed by atoms with Crippen LogP contribution in [-0.2, 0) is 6.15 Å². The van der Waals surface area contributed by atoms with Crippen molar-refractivity contribution in [2.75, 3.05) is 13.2 Å². The topological polar surface area (TPSA) is 18.5 Å². The monoisotopic (exact) mass is 267 g/mol. The average molecular weight is 266 g/mol. The van der Waals surface area contributed by atoms with E-state index in [-0.39, 0.29) is 3.43 Å². The minimum atomic E-state index is -1.98. The molecule has 0 aromatic heterocycles. The molecule has 0 spiro atoms. The SMILES string of the molecule is CC[O][Sn]([O]CC)[C](C)(C)C. The van der Waals surface area contributed by atoms with Crippen molar-refractivity contribution < 1.29 is 6.15 Å². The van der Waals surface area contributed by atoms with E-state index in [0.29, 0.717) is 0 Å². The molecule has 0 aromatic carbocycles. The molecule has 0 saturated heterocycles. The Morgan fingerprint density at radius 2 is 1.36 bits per heavy atom. The van der Waals surface area contributed by atoms with Crippen LogP contribution >= 0.6 is 0 Å². The van der Waals surface area contributed by atoms with Crippen molar-refractivity contribution in [2.45, 2.75) is 38.0 Å². The van der Waals surface area contributed by atoms with Gasteiger partial charge < -0.3 is 0 Å². The van der Waals surface area contributed by atoms with Crippen LogP contribution in [0.1, 0.15) is 34.6 Å². The van der Waals surface area contributed by atoms with Crippen LogP contribution in [0.3, 0.4) is 0 Å². The first-order chi connectivity index (χ1) is 5.02. The molecule has 0 rings (SSSR count). The Kier molecular flexibility index (Phi) is 5.73. The second-order valence-corrected chi connectivity index (χ2v) is 11.0. The minimum absolute atomic E-state index is 0.272. The van der Waals surface area contributed by atoms with E-state index in [1.54, 1.807) is 0 Å². The summed E-state index contributed by atoms with van der Waals surface area (Å²) < 4.78 is 11.5. The molecule has 0 aliphatic heterocycles. The van der Waals surface area contributed by atoms with Crippen LogP contribution in [0.25, 0.3) is 0 Å². The van der Waals surface area contributed by atoms with Gasteiger partial charge in [-0.25, -0.2) is 0 Å². The summed E-state index contributed by atoms with van der Waals surface area (Å²) in [6.07, 6.45) is 0. The zero-order chi connectivity index (χ0) is 8.91. The molecule has 0 unspecified atom stereocenters. The van der Waals surface area contributed by atoms with Crippen LogP contribution in [0.2, 0.25) is 3.43 Å². The van der Waals surface area contributed by atoms with Gasteiger partial charge in [-0.3, -0.25) is 0 Å². The first-order valence-electron chi connectivity index (χ1n) is 4.15. The second-order valence-electron chi connectivity index (χ2n) is 3.40. The van der Waals surface area contributed by atoms with Crippen LogP contribution < -0.4 is 0 Å². The molecule has 0 aliphatic rings. The maximum absolute atomic E-state index is 5.62. The van der Waals surface area contributed by atoms with E-state index < -0.39 is 20.6 Å². The molecule has 0 N–H and O–H groups in total. The first kappa shape index (κ1) is 11.7. The van der Waals surface area contributed by atoms with Crippen LogP contribution in [0, 0.1) is 0 Å². The van der Waals surface area contributed by atoms with E-state index in [1.807, 2.05) is 13.8 Å². The molecule has 2 nitrogen and oxygen atoms in total. The van der Waals surface area contributed by atoms with Crippen LogP contribution in [0.5, 0.6) is 0 Å². The zero-order valence-electron chi connectivity index (χ0n) is 8.23. The van der Waals surface area contributed by atoms with Gasteiger partial charge >= 0.3 is 78.0 Å². The molecule has 0 heterocycles. The summed E-state index contributed by atoms with van der Waals surface area (Å²) in [5.74, 6) is 0. The van der Waals surface area contributed by atoms with Crippen molar-refractivity contribution in [2.24, 2.45) is 0 Å². The fourth-order valence-electron chi connectivity index (χ4n) is 0.737. The Morgan fingerprint density at radius 1 is 1.00 bits per heavy atom. The third-order valence-corrected chi connectivity index (χ3v) is 7.80. The van der Waals surface area contributed by atoms with E-state index in [1.165, 1.54) is 0 Å². The van der Waals surface area contributed by atoms with Gasteiger partial charge in [0.1, 0.15) is 0 Å². The van der Waals surface area contributed by atoms with Gasteiger partial charge in [0.15, 0.2) is 0 Å². The van der Waals surface area contributed by atoms with Gasteiger partial charge in [-0.15, -0.1) is 0 Å². The number of hydrogen-bond donors (Lipinski definition) is 0. The summed E-state index contributed by atoms with van der Waals surface area (Å²) in [5.41, 5.74) is 0. The Hall–Kier alpha value is 0.719. The first-order valence-corrected chi connectivity index (χ1v) is 7.91. The summed E-state index contributed by atoms with van der Waals surface area (Å²) >= 11 is -1.98. The molecule has 0 aromatic rings. The molecule has 0 aliphatic carbocycles. The number of rotatable bonds is 4. The summed E-state index contributed by atoms with van der Waals surface area (Å²) in [4.78, 5) is 0. The van der Waals surface area contributed by atoms with Gasteiger partial charge in [-0.2, -0.15) is 0 Å². The predicted octanol–water partition coefficient (Wildman–Crippen LogP) is 2.35. The maximum atomic E-state index is 5.62. The Bertz CT molecular complexity index is 92.8. The standard InChI is InChI=1S/C4H9.2C2H5O.Sn/c1-4(2)3;2*1-2-3;/h1-3H3;2*2H2,1H3;/q;2*-1;+2. The summed E-state index contributed by atoms with van der Waals surface area (Å²) in [6.45, 7) is 12.3. The number of hydrogen-bond acceptors (Lipinski definition) is 2. The molecular weight excluding hydrogens is 247 g/mol. The average Bonchev–Trinajstić information content (AvgIpc) is 1.85. The van der Waals surface area contributed by atoms with E-state index >= 15 is 0 Å². The zero-order valence-corrected chi connectivity index (χ0v) is 11.1. The normalized spacial score (nSPS) is 12.5. The molecule has 1 radical (unpaired) electrons. The van der Waals surface area contributed by atoms with E-state index in [4.69, 9.17) is 6.15 Å². The van der Waals surface area contributed by atoms with Gasteiger partial charge in [-0.05, 0) is 0 Å². The van der Waals surface area contributed by atoms with Crippen molar-refractivity contribution in [1.29, 1.82) is 0 Å². The molecule has 0 atom stereocenters. The Morgan fingerprint density at radius 3 is 1.55 bits per heavy atom. The summed E-state index contributed by atoms with van der Waals surface area (Å²) in [6, 6.07) is 0. The summed E-state index contributed by atoms with van der Waals surface area (Å²) in [5, 5.41) is 0. The fourth-order valence-corrected chi connectivity index (χ4v) is 4.94. The van der Waals surface area contributed by atoms with E-state index in [0.717, 1.165) is 13.2 Å². The van der Waals surface area contributed by atoms with Gasteiger partial charge in [0.05, 0.1) is 0 Å². The predicted molar refractivity (Wildman–Crippen MR) is 48.7 cm³/mol. The van der Waals surface area contributed by atoms with E-state index in [9.17, 15) is 0 Å². The molecule has 0 amide bonds. The van der Waals surface area contributed by atoms with Crippen molar-refractivity contribution in [3.63, 3.8) is 0 Å². The molecule has 3 heteroatoms.